The summed E-state index contributed by atoms with van der Waals surface area (Å²) in [5.74, 6) is 0.293. The van der Waals surface area contributed by atoms with Gasteiger partial charge in [0.05, 0.1) is 4.90 Å². The predicted octanol–water partition coefficient (Wildman–Crippen LogP) is 3.85. The SMILES string of the molecule is Cc1cc(S(=O)(=O)NCc2ccc(N3CCCC(C)C3)cc2)ccc1F. The number of benzene rings is 2. The van der Waals surface area contributed by atoms with E-state index in [1.807, 2.05) is 24.3 Å². The van der Waals surface area contributed by atoms with Crippen molar-refractivity contribution < 1.29 is 12.8 Å². The fraction of sp³-hybridized carbons (Fsp3) is 0.400. The fourth-order valence-electron chi connectivity index (χ4n) is 3.29. The standard InChI is InChI=1S/C20H25FN2O2S/c1-15-4-3-11-23(14-15)18-7-5-17(6-8-18)13-22-26(24,25)19-9-10-20(21)16(2)12-19/h5-10,12,15,22H,3-4,11,13-14H2,1-2H3. The van der Waals surface area contributed by atoms with Crippen molar-refractivity contribution >= 4 is 15.7 Å². The maximum atomic E-state index is 13.3. The maximum absolute atomic E-state index is 13.3. The van der Waals surface area contributed by atoms with E-state index in [0.717, 1.165) is 18.7 Å². The molecular weight excluding hydrogens is 351 g/mol. The number of sulfonamides is 1. The lowest BCUT2D eigenvalue weighted by molar-refractivity contribution is 0.447. The van der Waals surface area contributed by atoms with Crippen LogP contribution in [0.2, 0.25) is 0 Å². The first-order valence-electron chi connectivity index (χ1n) is 8.95. The Bertz CT molecular complexity index is 866. The molecule has 4 nitrogen and oxygen atoms in total. The normalized spacial score (nSPS) is 18.1. The Labute approximate surface area is 155 Å². The molecule has 26 heavy (non-hydrogen) atoms. The highest BCUT2D eigenvalue weighted by molar-refractivity contribution is 7.89. The molecule has 0 spiro atoms. The van der Waals surface area contributed by atoms with Crippen LogP contribution in [0, 0.1) is 18.7 Å². The molecule has 1 unspecified atom stereocenters. The van der Waals surface area contributed by atoms with Gasteiger partial charge in [0.25, 0.3) is 0 Å². The highest BCUT2D eigenvalue weighted by Crippen LogP contribution is 2.23. The van der Waals surface area contributed by atoms with E-state index >= 15 is 0 Å². The Morgan fingerprint density at radius 1 is 1.19 bits per heavy atom. The number of anilines is 1. The third-order valence-corrected chi connectivity index (χ3v) is 6.26. The van der Waals surface area contributed by atoms with Crippen LogP contribution in [0.5, 0.6) is 0 Å². The first-order chi connectivity index (χ1) is 12.3. The van der Waals surface area contributed by atoms with Gasteiger partial charge in [0.1, 0.15) is 5.82 Å². The molecule has 1 atom stereocenters. The van der Waals surface area contributed by atoms with Gasteiger partial charge < -0.3 is 4.90 Å². The summed E-state index contributed by atoms with van der Waals surface area (Å²) in [6.45, 7) is 6.16. The second-order valence-corrected chi connectivity index (χ2v) is 8.86. The minimum atomic E-state index is -3.66. The highest BCUT2D eigenvalue weighted by atomic mass is 32.2. The Balaban J connectivity index is 1.64. The molecule has 3 rings (SSSR count). The van der Waals surface area contributed by atoms with E-state index in [0.29, 0.717) is 11.5 Å². The molecule has 1 fully saturated rings. The molecule has 1 heterocycles. The third-order valence-electron chi connectivity index (χ3n) is 4.86. The van der Waals surface area contributed by atoms with Crippen molar-refractivity contribution in [3.05, 3.63) is 59.4 Å². The molecule has 1 aliphatic rings. The smallest absolute Gasteiger partial charge is 0.240 e. The molecule has 0 saturated carbocycles. The Kier molecular flexibility index (Phi) is 5.63. The average Bonchev–Trinajstić information content (AvgIpc) is 2.63. The lowest BCUT2D eigenvalue weighted by Crippen LogP contribution is -2.34. The average molecular weight is 376 g/mol. The number of nitrogens with zero attached hydrogens (tertiary/aromatic N) is 1. The van der Waals surface area contributed by atoms with Crippen LogP contribution in [-0.2, 0) is 16.6 Å². The van der Waals surface area contributed by atoms with Gasteiger partial charge >= 0.3 is 0 Å². The van der Waals surface area contributed by atoms with Crippen LogP contribution in [-0.4, -0.2) is 21.5 Å². The van der Waals surface area contributed by atoms with Gasteiger partial charge in [0.15, 0.2) is 0 Å². The molecule has 6 heteroatoms. The van der Waals surface area contributed by atoms with Gasteiger partial charge in [0.2, 0.25) is 10.0 Å². The molecule has 140 valence electrons. The number of aryl methyl sites for hydroxylation is 1. The maximum Gasteiger partial charge on any atom is 0.240 e. The van der Waals surface area contributed by atoms with E-state index in [9.17, 15) is 12.8 Å². The molecule has 2 aromatic carbocycles. The van der Waals surface area contributed by atoms with Crippen molar-refractivity contribution in [3.63, 3.8) is 0 Å². The van der Waals surface area contributed by atoms with Crippen molar-refractivity contribution in [3.8, 4) is 0 Å². The van der Waals surface area contributed by atoms with Crippen LogP contribution in [0.1, 0.15) is 30.9 Å². The fourth-order valence-corrected chi connectivity index (χ4v) is 4.40. The van der Waals surface area contributed by atoms with Gasteiger partial charge in [-0.25, -0.2) is 17.5 Å². The number of nitrogens with one attached hydrogen (secondary N) is 1. The van der Waals surface area contributed by atoms with Gasteiger partial charge in [0, 0.05) is 25.3 Å². The summed E-state index contributed by atoms with van der Waals surface area (Å²) in [4.78, 5) is 2.46. The second-order valence-electron chi connectivity index (χ2n) is 7.10. The first kappa shape index (κ1) is 18.9. The molecule has 0 aliphatic carbocycles. The van der Waals surface area contributed by atoms with E-state index in [4.69, 9.17) is 0 Å². The minimum absolute atomic E-state index is 0.0790. The molecule has 1 N–H and O–H groups in total. The summed E-state index contributed by atoms with van der Waals surface area (Å²) >= 11 is 0. The molecular formula is C20H25FN2O2S. The van der Waals surface area contributed by atoms with Gasteiger partial charge in [-0.3, -0.25) is 0 Å². The number of hydrogen-bond donors (Lipinski definition) is 1. The Morgan fingerprint density at radius 2 is 1.92 bits per heavy atom. The van der Waals surface area contributed by atoms with Crippen molar-refractivity contribution in [2.75, 3.05) is 18.0 Å². The van der Waals surface area contributed by atoms with Crippen molar-refractivity contribution in [2.45, 2.75) is 38.1 Å². The third kappa shape index (κ3) is 4.43. The lowest BCUT2D eigenvalue weighted by atomic mass is 9.99. The van der Waals surface area contributed by atoms with Crippen LogP contribution < -0.4 is 9.62 Å². The zero-order valence-electron chi connectivity index (χ0n) is 15.2. The number of halogens is 1. The van der Waals surface area contributed by atoms with Crippen LogP contribution >= 0.6 is 0 Å². The van der Waals surface area contributed by atoms with Crippen LogP contribution in [0.4, 0.5) is 10.1 Å². The molecule has 0 aromatic heterocycles. The zero-order valence-corrected chi connectivity index (χ0v) is 16.0. The molecule has 2 aromatic rings. The van der Waals surface area contributed by atoms with Crippen molar-refractivity contribution in [2.24, 2.45) is 5.92 Å². The van der Waals surface area contributed by atoms with Crippen LogP contribution in [0.25, 0.3) is 0 Å². The second kappa shape index (κ2) is 7.76. The van der Waals surface area contributed by atoms with Gasteiger partial charge in [-0.1, -0.05) is 19.1 Å². The summed E-state index contributed by atoms with van der Waals surface area (Å²) in [7, 11) is -3.66. The summed E-state index contributed by atoms with van der Waals surface area (Å²) in [5, 5.41) is 0. The first-order valence-corrected chi connectivity index (χ1v) is 10.4. The molecule has 0 amide bonds. The summed E-state index contributed by atoms with van der Waals surface area (Å²) in [6.07, 6.45) is 2.49. The Hall–Kier alpha value is -1.92. The molecule has 1 aliphatic heterocycles. The monoisotopic (exact) mass is 376 g/mol. The van der Waals surface area contributed by atoms with E-state index in [1.165, 1.54) is 36.7 Å². The van der Waals surface area contributed by atoms with Crippen LogP contribution in [0.15, 0.2) is 47.4 Å². The lowest BCUT2D eigenvalue weighted by Gasteiger charge is -2.32. The Morgan fingerprint density at radius 3 is 2.58 bits per heavy atom. The number of piperidine rings is 1. The van der Waals surface area contributed by atoms with E-state index in [2.05, 4.69) is 16.5 Å². The number of hydrogen-bond acceptors (Lipinski definition) is 3. The summed E-state index contributed by atoms with van der Waals surface area (Å²) in [6, 6.07) is 11.8. The minimum Gasteiger partial charge on any atom is -0.371 e. The summed E-state index contributed by atoms with van der Waals surface area (Å²) in [5.41, 5.74) is 2.38. The number of rotatable bonds is 5. The quantitative estimate of drug-likeness (QED) is 0.862. The van der Waals surface area contributed by atoms with Crippen molar-refractivity contribution in [1.82, 2.24) is 4.72 Å². The van der Waals surface area contributed by atoms with Gasteiger partial charge in [-0.2, -0.15) is 0 Å². The summed E-state index contributed by atoms with van der Waals surface area (Å²) < 4.78 is 40.7. The molecule has 1 saturated heterocycles. The molecule has 0 radical (unpaired) electrons. The van der Waals surface area contributed by atoms with E-state index in [1.54, 1.807) is 6.92 Å². The van der Waals surface area contributed by atoms with E-state index in [-0.39, 0.29) is 11.4 Å². The van der Waals surface area contributed by atoms with Crippen molar-refractivity contribution in [1.29, 1.82) is 0 Å². The topological polar surface area (TPSA) is 49.4 Å². The van der Waals surface area contributed by atoms with Gasteiger partial charge in [-0.05, 0) is 67.1 Å². The molecule has 0 bridgehead atoms. The van der Waals surface area contributed by atoms with E-state index < -0.39 is 15.8 Å². The highest BCUT2D eigenvalue weighted by Gasteiger charge is 2.17. The largest absolute Gasteiger partial charge is 0.371 e. The zero-order chi connectivity index (χ0) is 18.7. The predicted molar refractivity (Wildman–Crippen MR) is 102 cm³/mol. The van der Waals surface area contributed by atoms with Gasteiger partial charge in [-0.15, -0.1) is 0 Å². The van der Waals surface area contributed by atoms with Crippen LogP contribution in [0.3, 0.4) is 0 Å².